The summed E-state index contributed by atoms with van der Waals surface area (Å²) in [5.74, 6) is -0.152. The Morgan fingerprint density at radius 3 is 2.91 bits per heavy atom. The molecule has 1 heterocycles. The van der Waals surface area contributed by atoms with Crippen molar-refractivity contribution < 1.29 is 13.7 Å². The highest BCUT2D eigenvalue weighted by molar-refractivity contribution is 5.85. The maximum atomic E-state index is 13.2. The van der Waals surface area contributed by atoms with Gasteiger partial charge in [0.15, 0.2) is 0 Å². The Labute approximate surface area is 134 Å². The van der Waals surface area contributed by atoms with Gasteiger partial charge < -0.3 is 15.6 Å². The van der Waals surface area contributed by atoms with Crippen molar-refractivity contribution in [3.8, 4) is 11.4 Å². The summed E-state index contributed by atoms with van der Waals surface area (Å²) in [7, 11) is 0. The Hall–Kier alpha value is -2.28. The molecule has 0 spiro atoms. The molecule has 0 saturated heterocycles. The molecule has 7 heteroatoms. The molecule has 0 aliphatic rings. The summed E-state index contributed by atoms with van der Waals surface area (Å²) >= 11 is 0. The standard InChI is InChI=1S/C16H21FN4O2/c1-4-8-16(3,18)15(22)19-10(2)14-20-13(21-23-14)11-6-5-7-12(17)9-11/h5-7,9-10H,4,8,18H2,1-3H3,(H,19,22). The Kier molecular flexibility index (Phi) is 5.10. The average molecular weight is 320 g/mol. The highest BCUT2D eigenvalue weighted by Gasteiger charge is 2.29. The molecule has 124 valence electrons. The summed E-state index contributed by atoms with van der Waals surface area (Å²) < 4.78 is 18.4. The summed E-state index contributed by atoms with van der Waals surface area (Å²) in [6.07, 6.45) is 1.38. The lowest BCUT2D eigenvalue weighted by Gasteiger charge is -2.24. The Bertz CT molecular complexity index is 684. The van der Waals surface area contributed by atoms with Crippen LogP contribution in [0.25, 0.3) is 11.4 Å². The van der Waals surface area contributed by atoms with Crippen LogP contribution >= 0.6 is 0 Å². The van der Waals surface area contributed by atoms with Crippen molar-refractivity contribution in [3.63, 3.8) is 0 Å². The number of nitrogens with zero attached hydrogens (tertiary/aromatic N) is 2. The normalized spacial score (nSPS) is 15.0. The fourth-order valence-electron chi connectivity index (χ4n) is 2.21. The number of amides is 1. The van der Waals surface area contributed by atoms with Crippen LogP contribution in [0, 0.1) is 5.82 Å². The van der Waals surface area contributed by atoms with Crippen LogP contribution in [0.1, 0.15) is 45.5 Å². The van der Waals surface area contributed by atoms with Crippen LogP contribution in [0.3, 0.4) is 0 Å². The molecule has 2 unspecified atom stereocenters. The number of aromatic nitrogens is 2. The van der Waals surface area contributed by atoms with Crippen molar-refractivity contribution in [2.45, 2.75) is 45.2 Å². The molecule has 1 aromatic carbocycles. The number of rotatable bonds is 6. The summed E-state index contributed by atoms with van der Waals surface area (Å²) in [5, 5.41) is 6.58. The summed E-state index contributed by atoms with van der Waals surface area (Å²) in [6.45, 7) is 5.37. The molecule has 2 aromatic rings. The van der Waals surface area contributed by atoms with Crippen molar-refractivity contribution in [3.05, 3.63) is 36.0 Å². The van der Waals surface area contributed by atoms with Gasteiger partial charge in [-0.3, -0.25) is 4.79 Å². The fourth-order valence-corrected chi connectivity index (χ4v) is 2.21. The molecular formula is C16H21FN4O2. The summed E-state index contributed by atoms with van der Waals surface area (Å²) in [4.78, 5) is 16.4. The third kappa shape index (κ3) is 4.13. The zero-order chi connectivity index (χ0) is 17.0. The predicted octanol–water partition coefficient (Wildman–Crippen LogP) is 2.57. The van der Waals surface area contributed by atoms with Crippen molar-refractivity contribution >= 4 is 5.91 Å². The first-order chi connectivity index (χ1) is 10.8. The van der Waals surface area contributed by atoms with Gasteiger partial charge in [0.2, 0.25) is 17.6 Å². The highest BCUT2D eigenvalue weighted by Crippen LogP contribution is 2.20. The number of carbonyl (C=O) groups is 1. The molecule has 3 N–H and O–H groups in total. The van der Waals surface area contributed by atoms with E-state index in [4.69, 9.17) is 10.3 Å². The number of benzene rings is 1. The second kappa shape index (κ2) is 6.87. The van der Waals surface area contributed by atoms with Crippen LogP contribution < -0.4 is 11.1 Å². The van der Waals surface area contributed by atoms with Gasteiger partial charge in [-0.05, 0) is 32.4 Å². The van der Waals surface area contributed by atoms with Crippen LogP contribution in [0.15, 0.2) is 28.8 Å². The number of hydrogen-bond donors (Lipinski definition) is 2. The number of halogens is 1. The van der Waals surface area contributed by atoms with Gasteiger partial charge in [0.05, 0.1) is 5.54 Å². The van der Waals surface area contributed by atoms with E-state index < -0.39 is 11.6 Å². The van der Waals surface area contributed by atoms with Crippen LogP contribution in [0.5, 0.6) is 0 Å². The Morgan fingerprint density at radius 2 is 2.26 bits per heavy atom. The zero-order valence-corrected chi connectivity index (χ0v) is 13.5. The van der Waals surface area contributed by atoms with Gasteiger partial charge in [-0.25, -0.2) is 4.39 Å². The van der Waals surface area contributed by atoms with E-state index in [-0.39, 0.29) is 23.4 Å². The molecule has 23 heavy (non-hydrogen) atoms. The molecule has 2 rings (SSSR count). The quantitative estimate of drug-likeness (QED) is 0.853. The summed E-state index contributed by atoms with van der Waals surface area (Å²) in [6, 6.07) is 5.41. The maximum Gasteiger partial charge on any atom is 0.249 e. The van der Waals surface area contributed by atoms with Crippen LogP contribution in [0.2, 0.25) is 0 Å². The first-order valence-corrected chi connectivity index (χ1v) is 7.53. The largest absolute Gasteiger partial charge is 0.343 e. The third-order valence-electron chi connectivity index (χ3n) is 3.53. The molecule has 0 radical (unpaired) electrons. The third-order valence-corrected chi connectivity index (χ3v) is 3.53. The minimum atomic E-state index is -0.950. The molecule has 0 aliphatic carbocycles. The molecule has 0 fully saturated rings. The van der Waals surface area contributed by atoms with Gasteiger partial charge >= 0.3 is 0 Å². The van der Waals surface area contributed by atoms with E-state index in [1.165, 1.54) is 12.1 Å². The SMILES string of the molecule is CCCC(C)(N)C(=O)NC(C)c1nc(-c2cccc(F)c2)no1. The predicted molar refractivity (Wildman–Crippen MR) is 83.8 cm³/mol. The van der Waals surface area contributed by atoms with Gasteiger partial charge in [-0.15, -0.1) is 0 Å². The van der Waals surface area contributed by atoms with E-state index >= 15 is 0 Å². The monoisotopic (exact) mass is 320 g/mol. The Morgan fingerprint density at radius 1 is 1.52 bits per heavy atom. The van der Waals surface area contributed by atoms with E-state index in [0.717, 1.165) is 6.42 Å². The minimum Gasteiger partial charge on any atom is -0.343 e. The van der Waals surface area contributed by atoms with Gasteiger partial charge in [0, 0.05) is 5.56 Å². The van der Waals surface area contributed by atoms with E-state index in [2.05, 4.69) is 15.5 Å². The Balaban J connectivity index is 2.10. The minimum absolute atomic E-state index is 0.241. The first-order valence-electron chi connectivity index (χ1n) is 7.53. The number of hydrogen-bond acceptors (Lipinski definition) is 5. The lowest BCUT2D eigenvalue weighted by Crippen LogP contribution is -2.52. The molecule has 0 aliphatic heterocycles. The van der Waals surface area contributed by atoms with Crippen LogP contribution in [-0.2, 0) is 4.79 Å². The second-order valence-electron chi connectivity index (χ2n) is 5.83. The van der Waals surface area contributed by atoms with Gasteiger partial charge in [-0.2, -0.15) is 4.98 Å². The topological polar surface area (TPSA) is 94.0 Å². The lowest BCUT2D eigenvalue weighted by atomic mass is 9.96. The smallest absolute Gasteiger partial charge is 0.249 e. The second-order valence-corrected chi connectivity index (χ2v) is 5.83. The van der Waals surface area contributed by atoms with Crippen molar-refractivity contribution in [2.75, 3.05) is 0 Å². The summed E-state index contributed by atoms with van der Waals surface area (Å²) in [5.41, 5.74) is 5.55. The maximum absolute atomic E-state index is 13.2. The lowest BCUT2D eigenvalue weighted by molar-refractivity contribution is -0.126. The number of carbonyl (C=O) groups excluding carboxylic acids is 1. The van der Waals surface area contributed by atoms with Gasteiger partial charge in [-0.1, -0.05) is 30.6 Å². The van der Waals surface area contributed by atoms with Gasteiger partial charge in [0.1, 0.15) is 11.9 Å². The van der Waals surface area contributed by atoms with E-state index in [1.807, 2.05) is 6.92 Å². The van der Waals surface area contributed by atoms with E-state index in [9.17, 15) is 9.18 Å². The highest BCUT2D eigenvalue weighted by atomic mass is 19.1. The average Bonchev–Trinajstić information content (AvgIpc) is 2.97. The molecule has 0 bridgehead atoms. The molecule has 1 aromatic heterocycles. The van der Waals surface area contributed by atoms with Crippen LogP contribution in [0.4, 0.5) is 4.39 Å². The number of nitrogens with one attached hydrogen (secondary N) is 1. The molecular weight excluding hydrogens is 299 g/mol. The zero-order valence-electron chi connectivity index (χ0n) is 13.5. The molecule has 0 saturated carbocycles. The van der Waals surface area contributed by atoms with Gasteiger partial charge in [0.25, 0.3) is 0 Å². The van der Waals surface area contributed by atoms with Crippen molar-refractivity contribution in [1.29, 1.82) is 0 Å². The van der Waals surface area contributed by atoms with E-state index in [0.29, 0.717) is 12.0 Å². The van der Waals surface area contributed by atoms with Crippen molar-refractivity contribution in [1.82, 2.24) is 15.5 Å². The number of nitrogens with two attached hydrogens (primary N) is 1. The van der Waals surface area contributed by atoms with Crippen LogP contribution in [-0.4, -0.2) is 21.6 Å². The molecule has 6 nitrogen and oxygen atoms in total. The van der Waals surface area contributed by atoms with Crippen molar-refractivity contribution in [2.24, 2.45) is 5.73 Å². The molecule has 2 atom stereocenters. The molecule has 1 amide bonds. The fraction of sp³-hybridized carbons (Fsp3) is 0.438. The first kappa shape index (κ1) is 17.1. The van der Waals surface area contributed by atoms with E-state index in [1.54, 1.807) is 26.0 Å².